The smallest absolute Gasteiger partial charge is 0.228 e. The number of piperazine rings is 1. The Morgan fingerprint density at radius 1 is 0.912 bits per heavy atom. The molecule has 2 saturated heterocycles. The molecule has 2 aromatic rings. The van der Waals surface area contributed by atoms with E-state index in [0.717, 1.165) is 63.2 Å². The van der Waals surface area contributed by atoms with Crippen LogP contribution in [0.25, 0.3) is 0 Å². The summed E-state index contributed by atoms with van der Waals surface area (Å²) < 4.78 is 0. The number of nitrogens with one attached hydrogen (secondary N) is 1. The molecule has 4 rings (SSSR count). The normalized spacial score (nSPS) is 17.4. The maximum Gasteiger partial charge on any atom is 0.228 e. The third kappa shape index (κ3) is 6.19. The molecule has 2 heterocycles. The summed E-state index contributed by atoms with van der Waals surface area (Å²) in [6, 6.07) is 17.1. The van der Waals surface area contributed by atoms with Crippen LogP contribution in [0.3, 0.4) is 0 Å². The van der Waals surface area contributed by atoms with Gasteiger partial charge in [-0.2, -0.15) is 4.99 Å². The van der Waals surface area contributed by atoms with Crippen molar-refractivity contribution in [2.45, 2.75) is 39.5 Å². The lowest BCUT2D eigenvalue weighted by molar-refractivity contribution is 0.282. The van der Waals surface area contributed by atoms with E-state index in [-0.39, 0.29) is 0 Å². The van der Waals surface area contributed by atoms with E-state index >= 15 is 0 Å². The summed E-state index contributed by atoms with van der Waals surface area (Å²) in [5, 5.41) is 3.29. The van der Waals surface area contributed by atoms with E-state index in [1.807, 2.05) is 0 Å². The van der Waals surface area contributed by atoms with Crippen LogP contribution in [-0.4, -0.2) is 61.4 Å². The number of piperidine rings is 1. The standard InChI is InChI=1S/C28H38N6/c1-4-25-10-6-7-11-27(25)33-18-20-34(21-19-33)28(31-24(3)32-16-8-5-9-17-32)30-22-29-26-14-12-23(2)13-15-26/h6-7,10-15,22H,3-5,8-9,16-21H2,1-2H3,(H,29,30,31). The van der Waals surface area contributed by atoms with Gasteiger partial charge in [0.25, 0.3) is 0 Å². The highest BCUT2D eigenvalue weighted by molar-refractivity contribution is 5.92. The first-order valence-corrected chi connectivity index (χ1v) is 12.6. The molecule has 2 aliphatic heterocycles. The fourth-order valence-electron chi connectivity index (χ4n) is 4.60. The van der Waals surface area contributed by atoms with Gasteiger partial charge in [0.15, 0.2) is 0 Å². The zero-order valence-corrected chi connectivity index (χ0v) is 20.7. The molecule has 0 spiro atoms. The number of hydrogen-bond donors (Lipinski definition) is 1. The third-order valence-corrected chi connectivity index (χ3v) is 6.69. The van der Waals surface area contributed by atoms with Crippen molar-refractivity contribution in [3.8, 4) is 0 Å². The van der Waals surface area contributed by atoms with E-state index < -0.39 is 0 Å². The Morgan fingerprint density at radius 2 is 1.62 bits per heavy atom. The molecule has 6 heteroatoms. The SMILES string of the molecule is C=C(N=C(N=CNc1ccc(C)cc1)N1CCN(c2ccccc2CC)CC1)N1CCCCC1. The van der Waals surface area contributed by atoms with Crippen LogP contribution in [-0.2, 0) is 6.42 Å². The predicted octanol–water partition coefficient (Wildman–Crippen LogP) is 5.13. The van der Waals surface area contributed by atoms with Crippen LogP contribution in [0.15, 0.2) is 70.9 Å². The van der Waals surface area contributed by atoms with Crippen LogP contribution in [0.4, 0.5) is 11.4 Å². The Labute approximate surface area is 204 Å². The Kier molecular flexibility index (Phi) is 8.23. The number of guanidine groups is 1. The highest BCUT2D eigenvalue weighted by atomic mass is 15.4. The van der Waals surface area contributed by atoms with Gasteiger partial charge in [0.2, 0.25) is 5.96 Å². The number of para-hydroxylation sites is 1. The molecule has 0 radical (unpaired) electrons. The lowest BCUT2D eigenvalue weighted by Gasteiger charge is -2.37. The lowest BCUT2D eigenvalue weighted by atomic mass is 10.1. The zero-order chi connectivity index (χ0) is 23.8. The molecule has 2 aromatic carbocycles. The lowest BCUT2D eigenvalue weighted by Crippen LogP contribution is -2.49. The van der Waals surface area contributed by atoms with Gasteiger partial charge >= 0.3 is 0 Å². The van der Waals surface area contributed by atoms with Gasteiger partial charge in [-0.15, -0.1) is 0 Å². The second-order valence-electron chi connectivity index (χ2n) is 9.10. The van der Waals surface area contributed by atoms with Gasteiger partial charge < -0.3 is 20.0 Å². The molecule has 0 aliphatic carbocycles. The summed E-state index contributed by atoms with van der Waals surface area (Å²) in [5.41, 5.74) is 5.02. The Morgan fingerprint density at radius 3 is 2.32 bits per heavy atom. The van der Waals surface area contributed by atoms with Gasteiger partial charge in [-0.1, -0.05) is 49.4 Å². The molecule has 34 heavy (non-hydrogen) atoms. The molecule has 0 amide bonds. The summed E-state index contributed by atoms with van der Waals surface area (Å²) >= 11 is 0. The monoisotopic (exact) mass is 458 g/mol. The zero-order valence-electron chi connectivity index (χ0n) is 20.7. The van der Waals surface area contributed by atoms with Gasteiger partial charge in [-0.25, -0.2) is 4.99 Å². The van der Waals surface area contributed by atoms with E-state index in [2.05, 4.69) is 89.0 Å². The topological polar surface area (TPSA) is 46.5 Å². The maximum absolute atomic E-state index is 4.92. The molecule has 0 saturated carbocycles. The average Bonchev–Trinajstić information content (AvgIpc) is 2.89. The minimum absolute atomic E-state index is 0.735. The van der Waals surface area contributed by atoms with Crippen LogP contribution >= 0.6 is 0 Å². The van der Waals surface area contributed by atoms with Gasteiger partial charge in [0.1, 0.15) is 5.82 Å². The first-order valence-electron chi connectivity index (χ1n) is 12.6. The second-order valence-corrected chi connectivity index (χ2v) is 9.10. The number of rotatable bonds is 6. The van der Waals surface area contributed by atoms with Crippen LogP contribution in [0.1, 0.15) is 37.3 Å². The van der Waals surface area contributed by atoms with Crippen molar-refractivity contribution in [2.24, 2.45) is 9.98 Å². The molecular weight excluding hydrogens is 420 g/mol. The summed E-state index contributed by atoms with van der Waals surface area (Å²) in [6.07, 6.45) is 6.51. The molecule has 180 valence electrons. The number of likely N-dealkylation sites (tertiary alicyclic amines) is 1. The van der Waals surface area contributed by atoms with Gasteiger partial charge in [0, 0.05) is 50.6 Å². The molecule has 0 unspecified atom stereocenters. The van der Waals surface area contributed by atoms with Gasteiger partial charge in [-0.05, 0) is 56.4 Å². The quantitative estimate of drug-likeness (QED) is 0.481. The second kappa shape index (κ2) is 11.7. The number of nitrogens with zero attached hydrogens (tertiary/aromatic N) is 5. The van der Waals surface area contributed by atoms with Crippen molar-refractivity contribution in [3.05, 3.63) is 72.1 Å². The first kappa shape index (κ1) is 23.9. The van der Waals surface area contributed by atoms with E-state index in [1.165, 1.54) is 36.1 Å². The Balaban J connectivity index is 1.47. The highest BCUT2D eigenvalue weighted by Crippen LogP contribution is 2.23. The molecule has 0 bridgehead atoms. The Bertz CT molecular complexity index is 996. The molecule has 0 aromatic heterocycles. The van der Waals surface area contributed by atoms with Crippen LogP contribution < -0.4 is 10.2 Å². The summed E-state index contributed by atoms with van der Waals surface area (Å²) in [6.45, 7) is 14.3. The fourth-order valence-corrected chi connectivity index (χ4v) is 4.60. The summed E-state index contributed by atoms with van der Waals surface area (Å²) in [4.78, 5) is 16.7. The number of anilines is 2. The van der Waals surface area contributed by atoms with Gasteiger partial charge in [-0.3, -0.25) is 0 Å². The highest BCUT2D eigenvalue weighted by Gasteiger charge is 2.22. The molecular formula is C28H38N6. The van der Waals surface area contributed by atoms with Crippen molar-refractivity contribution < 1.29 is 0 Å². The molecule has 2 aliphatic rings. The predicted molar refractivity (Wildman–Crippen MR) is 145 cm³/mol. The van der Waals surface area contributed by atoms with Crippen LogP contribution in [0.2, 0.25) is 0 Å². The Hall–Kier alpha value is -3.28. The van der Waals surface area contributed by atoms with Crippen molar-refractivity contribution in [2.75, 3.05) is 49.5 Å². The van der Waals surface area contributed by atoms with Crippen LogP contribution in [0.5, 0.6) is 0 Å². The summed E-state index contributed by atoms with van der Waals surface area (Å²) in [7, 11) is 0. The summed E-state index contributed by atoms with van der Waals surface area (Å²) in [5.74, 6) is 1.56. The maximum atomic E-state index is 4.92. The minimum atomic E-state index is 0.735. The largest absolute Gasteiger partial charge is 0.368 e. The third-order valence-electron chi connectivity index (χ3n) is 6.69. The average molecular weight is 459 g/mol. The number of benzene rings is 2. The number of hydrogen-bond acceptors (Lipinski definition) is 3. The number of aliphatic imine (C=N–C) groups is 2. The molecule has 2 fully saturated rings. The van der Waals surface area contributed by atoms with Crippen molar-refractivity contribution >= 4 is 23.7 Å². The fraction of sp³-hybridized carbons (Fsp3) is 0.429. The van der Waals surface area contributed by atoms with E-state index in [4.69, 9.17) is 9.98 Å². The minimum Gasteiger partial charge on any atom is -0.368 e. The van der Waals surface area contributed by atoms with E-state index in [1.54, 1.807) is 6.34 Å². The number of aryl methyl sites for hydroxylation is 2. The van der Waals surface area contributed by atoms with Crippen molar-refractivity contribution in [1.29, 1.82) is 0 Å². The van der Waals surface area contributed by atoms with Crippen molar-refractivity contribution in [3.63, 3.8) is 0 Å². The van der Waals surface area contributed by atoms with E-state index in [0.29, 0.717) is 0 Å². The van der Waals surface area contributed by atoms with Crippen molar-refractivity contribution in [1.82, 2.24) is 9.80 Å². The molecule has 0 atom stereocenters. The van der Waals surface area contributed by atoms with Crippen LogP contribution in [0, 0.1) is 6.92 Å². The van der Waals surface area contributed by atoms with Gasteiger partial charge in [0.05, 0.1) is 6.34 Å². The molecule has 6 nitrogen and oxygen atoms in total. The van der Waals surface area contributed by atoms with E-state index in [9.17, 15) is 0 Å². The molecule has 1 N–H and O–H groups in total. The first-order chi connectivity index (χ1) is 16.6.